The molecule has 2 N–H and O–H groups in total. The van der Waals surface area contributed by atoms with Crippen LogP contribution in [-0.2, 0) is 0 Å². The summed E-state index contributed by atoms with van der Waals surface area (Å²) < 4.78 is 11.5. The molecule has 3 aromatic rings. The zero-order valence-electron chi connectivity index (χ0n) is 12.8. The summed E-state index contributed by atoms with van der Waals surface area (Å²) >= 11 is 0. The number of hydrogen-bond acceptors (Lipinski definition) is 5. The molecule has 0 aliphatic carbocycles. The van der Waals surface area contributed by atoms with E-state index in [-0.39, 0.29) is 0 Å². The predicted molar refractivity (Wildman–Crippen MR) is 89.6 cm³/mol. The van der Waals surface area contributed by atoms with Crippen molar-refractivity contribution in [3.8, 4) is 28.5 Å². The van der Waals surface area contributed by atoms with Crippen molar-refractivity contribution in [1.82, 2.24) is 9.97 Å². The largest absolute Gasteiger partial charge is 0.490 e. The van der Waals surface area contributed by atoms with Crippen LogP contribution in [-0.4, -0.2) is 16.6 Å². The molecule has 0 aliphatic heterocycles. The lowest BCUT2D eigenvalue weighted by Gasteiger charge is -2.12. The molecule has 0 saturated heterocycles. The van der Waals surface area contributed by atoms with E-state index in [1.165, 1.54) is 6.20 Å². The first kappa shape index (κ1) is 14.8. The molecule has 0 bridgehead atoms. The standard InChI is InChI=1S/C18H17N3O2/c1-2-22-16-8-3-4-9-17(16)23-14-7-5-6-13(10-14)15-11-20-12-18(19)21-15/h3-12H,2H2,1H3,(H2,19,21). The molecular formula is C18H17N3O2. The van der Waals surface area contributed by atoms with Crippen LogP contribution in [0.25, 0.3) is 11.3 Å². The fourth-order valence-electron chi connectivity index (χ4n) is 2.18. The topological polar surface area (TPSA) is 70.3 Å². The van der Waals surface area contributed by atoms with E-state index in [4.69, 9.17) is 15.2 Å². The van der Waals surface area contributed by atoms with Gasteiger partial charge in [0.05, 0.1) is 24.7 Å². The van der Waals surface area contributed by atoms with Crippen molar-refractivity contribution < 1.29 is 9.47 Å². The van der Waals surface area contributed by atoms with Crippen molar-refractivity contribution in [2.45, 2.75) is 6.92 Å². The summed E-state index contributed by atoms with van der Waals surface area (Å²) in [6, 6.07) is 15.2. The van der Waals surface area contributed by atoms with E-state index in [0.717, 1.165) is 5.56 Å². The van der Waals surface area contributed by atoms with Gasteiger partial charge in [0.2, 0.25) is 0 Å². The third-order valence-corrected chi connectivity index (χ3v) is 3.16. The van der Waals surface area contributed by atoms with E-state index in [2.05, 4.69) is 9.97 Å². The van der Waals surface area contributed by atoms with Crippen LogP contribution in [0.5, 0.6) is 17.2 Å². The second-order valence-corrected chi connectivity index (χ2v) is 4.84. The first-order valence-electron chi connectivity index (χ1n) is 7.34. The van der Waals surface area contributed by atoms with Gasteiger partial charge in [0.25, 0.3) is 0 Å². The predicted octanol–water partition coefficient (Wildman–Crippen LogP) is 3.92. The Morgan fingerprint density at radius 1 is 1.00 bits per heavy atom. The van der Waals surface area contributed by atoms with Gasteiger partial charge in [-0.15, -0.1) is 0 Å². The van der Waals surface area contributed by atoms with Gasteiger partial charge >= 0.3 is 0 Å². The fourth-order valence-corrected chi connectivity index (χ4v) is 2.18. The van der Waals surface area contributed by atoms with Crippen LogP contribution in [0.3, 0.4) is 0 Å². The van der Waals surface area contributed by atoms with E-state index in [1.807, 2.05) is 55.5 Å². The molecule has 0 unspecified atom stereocenters. The van der Waals surface area contributed by atoms with Crippen LogP contribution in [0.15, 0.2) is 60.9 Å². The van der Waals surface area contributed by atoms with Crippen LogP contribution in [0.4, 0.5) is 5.82 Å². The van der Waals surface area contributed by atoms with Gasteiger partial charge in [-0.25, -0.2) is 4.98 Å². The quantitative estimate of drug-likeness (QED) is 0.773. The first-order chi connectivity index (χ1) is 11.3. The Kier molecular flexibility index (Phi) is 4.38. The molecule has 0 fully saturated rings. The molecule has 0 aliphatic rings. The summed E-state index contributed by atoms with van der Waals surface area (Å²) in [6.07, 6.45) is 3.19. The highest BCUT2D eigenvalue weighted by Crippen LogP contribution is 2.32. The maximum atomic E-state index is 5.95. The van der Waals surface area contributed by atoms with E-state index >= 15 is 0 Å². The van der Waals surface area contributed by atoms with Gasteiger partial charge in [0, 0.05) is 5.56 Å². The number of nitrogens with zero attached hydrogens (tertiary/aromatic N) is 2. The van der Waals surface area contributed by atoms with E-state index in [9.17, 15) is 0 Å². The van der Waals surface area contributed by atoms with Crippen LogP contribution >= 0.6 is 0 Å². The maximum absolute atomic E-state index is 5.95. The van der Waals surface area contributed by atoms with Crippen molar-refractivity contribution in [1.29, 1.82) is 0 Å². The monoisotopic (exact) mass is 307 g/mol. The van der Waals surface area contributed by atoms with E-state index in [0.29, 0.717) is 35.4 Å². The van der Waals surface area contributed by atoms with Crippen molar-refractivity contribution >= 4 is 5.82 Å². The Morgan fingerprint density at radius 3 is 2.61 bits per heavy atom. The summed E-state index contributed by atoms with van der Waals surface area (Å²) in [5.74, 6) is 2.46. The number of para-hydroxylation sites is 2. The number of rotatable bonds is 5. The van der Waals surface area contributed by atoms with Crippen molar-refractivity contribution in [3.63, 3.8) is 0 Å². The highest BCUT2D eigenvalue weighted by Gasteiger charge is 2.07. The highest BCUT2D eigenvalue weighted by molar-refractivity contribution is 5.62. The molecule has 116 valence electrons. The van der Waals surface area contributed by atoms with Crippen molar-refractivity contribution in [3.05, 3.63) is 60.9 Å². The summed E-state index contributed by atoms with van der Waals surface area (Å²) in [6.45, 7) is 2.52. The average molecular weight is 307 g/mol. The Bertz CT molecular complexity index is 806. The highest BCUT2D eigenvalue weighted by atomic mass is 16.5. The van der Waals surface area contributed by atoms with Gasteiger partial charge in [0.15, 0.2) is 11.5 Å². The average Bonchev–Trinajstić information content (AvgIpc) is 2.57. The number of aromatic nitrogens is 2. The van der Waals surface area contributed by atoms with Gasteiger partial charge in [0.1, 0.15) is 11.6 Å². The second-order valence-electron chi connectivity index (χ2n) is 4.84. The Morgan fingerprint density at radius 2 is 1.83 bits per heavy atom. The minimum Gasteiger partial charge on any atom is -0.490 e. The molecule has 2 aromatic carbocycles. The zero-order valence-corrected chi connectivity index (χ0v) is 12.8. The van der Waals surface area contributed by atoms with Gasteiger partial charge in [-0.1, -0.05) is 24.3 Å². The van der Waals surface area contributed by atoms with Crippen LogP contribution in [0.2, 0.25) is 0 Å². The second kappa shape index (κ2) is 6.79. The minimum atomic E-state index is 0.385. The number of nitrogens with two attached hydrogens (primary N) is 1. The van der Waals surface area contributed by atoms with Gasteiger partial charge in [-0.05, 0) is 31.2 Å². The maximum Gasteiger partial charge on any atom is 0.169 e. The molecule has 5 nitrogen and oxygen atoms in total. The van der Waals surface area contributed by atoms with Crippen molar-refractivity contribution in [2.24, 2.45) is 0 Å². The normalized spacial score (nSPS) is 10.3. The van der Waals surface area contributed by atoms with E-state index in [1.54, 1.807) is 6.20 Å². The number of benzene rings is 2. The molecule has 0 radical (unpaired) electrons. The molecule has 0 spiro atoms. The summed E-state index contributed by atoms with van der Waals surface area (Å²) in [4.78, 5) is 8.34. The summed E-state index contributed by atoms with van der Waals surface area (Å²) in [5.41, 5.74) is 7.28. The fraction of sp³-hybridized carbons (Fsp3) is 0.111. The molecule has 1 aromatic heterocycles. The number of ether oxygens (including phenoxy) is 2. The van der Waals surface area contributed by atoms with Crippen LogP contribution in [0.1, 0.15) is 6.92 Å². The molecule has 0 saturated carbocycles. The SMILES string of the molecule is CCOc1ccccc1Oc1cccc(-c2cncc(N)n2)c1. The lowest BCUT2D eigenvalue weighted by molar-refractivity contribution is 0.321. The number of hydrogen-bond donors (Lipinski definition) is 1. The Balaban J connectivity index is 1.89. The minimum absolute atomic E-state index is 0.385. The number of nitrogen functional groups attached to an aromatic ring is 1. The van der Waals surface area contributed by atoms with Crippen molar-refractivity contribution in [2.75, 3.05) is 12.3 Å². The molecule has 0 amide bonds. The zero-order chi connectivity index (χ0) is 16.1. The van der Waals surface area contributed by atoms with Gasteiger partial charge < -0.3 is 15.2 Å². The molecule has 3 rings (SSSR count). The van der Waals surface area contributed by atoms with Crippen LogP contribution in [0, 0.1) is 0 Å². The smallest absolute Gasteiger partial charge is 0.169 e. The first-order valence-corrected chi connectivity index (χ1v) is 7.34. The van der Waals surface area contributed by atoms with Gasteiger partial charge in [-0.3, -0.25) is 4.98 Å². The van der Waals surface area contributed by atoms with Gasteiger partial charge in [-0.2, -0.15) is 0 Å². The molecule has 23 heavy (non-hydrogen) atoms. The molecule has 1 heterocycles. The third kappa shape index (κ3) is 3.58. The molecular weight excluding hydrogens is 290 g/mol. The lowest BCUT2D eigenvalue weighted by atomic mass is 10.1. The third-order valence-electron chi connectivity index (χ3n) is 3.16. The Labute approximate surface area is 134 Å². The molecule has 0 atom stereocenters. The van der Waals surface area contributed by atoms with E-state index < -0.39 is 0 Å². The Hall–Kier alpha value is -3.08. The molecule has 5 heteroatoms. The number of anilines is 1. The lowest BCUT2D eigenvalue weighted by Crippen LogP contribution is -1.95. The van der Waals surface area contributed by atoms with Crippen LogP contribution < -0.4 is 15.2 Å². The summed E-state index contributed by atoms with van der Waals surface area (Å²) in [7, 11) is 0. The summed E-state index contributed by atoms with van der Waals surface area (Å²) in [5, 5.41) is 0.